The fraction of sp³-hybridized carbons (Fsp3) is 0.750. The number of carbonyl (C=O) groups is 1. The van der Waals surface area contributed by atoms with Crippen LogP contribution in [0.5, 0.6) is 0 Å². The summed E-state index contributed by atoms with van der Waals surface area (Å²) < 4.78 is 0. The van der Waals surface area contributed by atoms with Gasteiger partial charge in [-0.05, 0) is 31.8 Å². The van der Waals surface area contributed by atoms with Crippen LogP contribution in [0.15, 0.2) is 11.6 Å². The van der Waals surface area contributed by atoms with Crippen molar-refractivity contribution >= 4 is 5.78 Å². The molecule has 2 atom stereocenters. The molecule has 0 amide bonds. The average molecular weight is 178 g/mol. The lowest BCUT2D eigenvalue weighted by molar-refractivity contribution is -0.118. The largest absolute Gasteiger partial charge is 0.295 e. The molecule has 0 aromatic rings. The lowest BCUT2D eigenvalue weighted by Crippen LogP contribution is -2.18. The van der Waals surface area contributed by atoms with Crippen LogP contribution in [0, 0.1) is 11.8 Å². The van der Waals surface area contributed by atoms with Crippen LogP contribution >= 0.6 is 0 Å². The van der Waals surface area contributed by atoms with Gasteiger partial charge in [-0.25, -0.2) is 0 Å². The van der Waals surface area contributed by atoms with E-state index in [1.54, 1.807) is 0 Å². The van der Waals surface area contributed by atoms with Crippen LogP contribution in [0.1, 0.15) is 45.4 Å². The number of hydrogen-bond acceptors (Lipinski definition) is 1. The van der Waals surface area contributed by atoms with Gasteiger partial charge < -0.3 is 0 Å². The van der Waals surface area contributed by atoms with E-state index in [4.69, 9.17) is 0 Å². The zero-order chi connectivity index (χ0) is 9.26. The maximum absolute atomic E-state index is 11.6. The first-order valence-corrected chi connectivity index (χ1v) is 5.51. The Kier molecular flexibility index (Phi) is 2.52. The van der Waals surface area contributed by atoms with Gasteiger partial charge in [0.05, 0.1) is 0 Å². The van der Waals surface area contributed by atoms with E-state index >= 15 is 0 Å². The van der Waals surface area contributed by atoms with Crippen molar-refractivity contribution in [2.24, 2.45) is 11.8 Å². The van der Waals surface area contributed by atoms with E-state index in [9.17, 15) is 4.79 Å². The van der Waals surface area contributed by atoms with Crippen molar-refractivity contribution in [1.29, 1.82) is 0 Å². The Labute approximate surface area is 80.2 Å². The predicted octanol–water partition coefficient (Wildman–Crippen LogP) is 3.10. The SMILES string of the molecule is CC1=CC(=O)[C@@H]2CCCCCC[C@H]12. The van der Waals surface area contributed by atoms with Crippen LogP contribution in [0.3, 0.4) is 0 Å². The van der Waals surface area contributed by atoms with Crippen LogP contribution in [-0.4, -0.2) is 5.78 Å². The molecule has 1 fully saturated rings. The first-order valence-electron chi connectivity index (χ1n) is 5.51. The molecule has 0 aromatic heterocycles. The molecule has 0 bridgehead atoms. The lowest BCUT2D eigenvalue weighted by atomic mass is 9.81. The van der Waals surface area contributed by atoms with Gasteiger partial charge in [-0.1, -0.05) is 31.3 Å². The van der Waals surface area contributed by atoms with Crippen molar-refractivity contribution in [3.05, 3.63) is 11.6 Å². The zero-order valence-corrected chi connectivity index (χ0v) is 8.38. The number of hydrogen-bond donors (Lipinski definition) is 0. The van der Waals surface area contributed by atoms with Gasteiger partial charge in [0, 0.05) is 5.92 Å². The molecule has 2 rings (SSSR count). The molecule has 2 aliphatic carbocycles. The number of allylic oxidation sites excluding steroid dienone is 2. The summed E-state index contributed by atoms with van der Waals surface area (Å²) in [5, 5.41) is 0. The highest BCUT2D eigenvalue weighted by Gasteiger charge is 2.33. The maximum Gasteiger partial charge on any atom is 0.159 e. The minimum Gasteiger partial charge on any atom is -0.295 e. The van der Waals surface area contributed by atoms with Gasteiger partial charge in [-0.15, -0.1) is 0 Å². The van der Waals surface area contributed by atoms with E-state index in [0.717, 1.165) is 6.42 Å². The third kappa shape index (κ3) is 1.70. The van der Waals surface area contributed by atoms with E-state index in [2.05, 4.69) is 6.92 Å². The highest BCUT2D eigenvalue weighted by Crippen LogP contribution is 2.38. The summed E-state index contributed by atoms with van der Waals surface area (Å²) in [6, 6.07) is 0. The quantitative estimate of drug-likeness (QED) is 0.557. The predicted molar refractivity (Wildman–Crippen MR) is 53.4 cm³/mol. The van der Waals surface area contributed by atoms with Crippen molar-refractivity contribution < 1.29 is 4.79 Å². The van der Waals surface area contributed by atoms with Gasteiger partial charge in [-0.2, -0.15) is 0 Å². The molecule has 0 N–H and O–H groups in total. The second kappa shape index (κ2) is 3.65. The summed E-state index contributed by atoms with van der Waals surface area (Å²) in [7, 11) is 0. The molecule has 0 spiro atoms. The third-order valence-corrected chi connectivity index (χ3v) is 3.59. The van der Waals surface area contributed by atoms with Gasteiger partial charge in [0.15, 0.2) is 5.78 Å². The van der Waals surface area contributed by atoms with E-state index in [1.807, 2.05) is 6.08 Å². The zero-order valence-electron chi connectivity index (χ0n) is 8.38. The normalized spacial score (nSPS) is 34.8. The van der Waals surface area contributed by atoms with Crippen molar-refractivity contribution in [3.8, 4) is 0 Å². The first kappa shape index (κ1) is 8.98. The van der Waals surface area contributed by atoms with Crippen LogP contribution in [-0.2, 0) is 4.79 Å². The monoisotopic (exact) mass is 178 g/mol. The van der Waals surface area contributed by atoms with E-state index in [0.29, 0.717) is 17.6 Å². The van der Waals surface area contributed by atoms with Crippen molar-refractivity contribution in [1.82, 2.24) is 0 Å². The summed E-state index contributed by atoms with van der Waals surface area (Å²) in [6.07, 6.45) is 9.55. The first-order chi connectivity index (χ1) is 6.29. The summed E-state index contributed by atoms with van der Waals surface area (Å²) in [4.78, 5) is 11.6. The molecule has 13 heavy (non-hydrogen) atoms. The van der Waals surface area contributed by atoms with Crippen molar-refractivity contribution in [2.75, 3.05) is 0 Å². The molecule has 0 unspecified atom stereocenters. The van der Waals surface area contributed by atoms with Crippen LogP contribution in [0.4, 0.5) is 0 Å². The standard InChI is InChI=1S/C12H18O/c1-9-8-12(13)11-7-5-3-2-4-6-10(9)11/h8,10-11H,2-7H2,1H3/t10-,11-/m1/s1. The molecule has 72 valence electrons. The van der Waals surface area contributed by atoms with Gasteiger partial charge in [-0.3, -0.25) is 4.79 Å². The number of carbonyl (C=O) groups excluding carboxylic acids is 1. The Bertz CT molecular complexity index is 240. The van der Waals surface area contributed by atoms with E-state index < -0.39 is 0 Å². The highest BCUT2D eigenvalue weighted by molar-refractivity contribution is 5.95. The lowest BCUT2D eigenvalue weighted by Gasteiger charge is -2.22. The molecule has 0 aliphatic heterocycles. The maximum atomic E-state index is 11.6. The van der Waals surface area contributed by atoms with E-state index in [1.165, 1.54) is 37.7 Å². The third-order valence-electron chi connectivity index (χ3n) is 3.59. The Morgan fingerprint density at radius 3 is 2.38 bits per heavy atom. The molecule has 1 saturated carbocycles. The molecule has 1 nitrogen and oxygen atoms in total. The Hall–Kier alpha value is -0.590. The summed E-state index contributed by atoms with van der Waals surface area (Å²) >= 11 is 0. The minimum absolute atomic E-state index is 0.361. The van der Waals surface area contributed by atoms with E-state index in [-0.39, 0.29) is 0 Å². The second-order valence-electron chi connectivity index (χ2n) is 4.50. The Balaban J connectivity index is 2.11. The smallest absolute Gasteiger partial charge is 0.159 e. The second-order valence-corrected chi connectivity index (χ2v) is 4.50. The average Bonchev–Trinajstić information content (AvgIpc) is 2.25. The van der Waals surface area contributed by atoms with Crippen LogP contribution in [0.2, 0.25) is 0 Å². The molecular weight excluding hydrogens is 160 g/mol. The molecule has 1 heteroatoms. The highest BCUT2D eigenvalue weighted by atomic mass is 16.1. The van der Waals surface area contributed by atoms with Crippen LogP contribution < -0.4 is 0 Å². The summed E-state index contributed by atoms with van der Waals surface area (Å²) in [6.45, 7) is 2.13. The van der Waals surface area contributed by atoms with Gasteiger partial charge in [0.25, 0.3) is 0 Å². The minimum atomic E-state index is 0.361. The molecule has 0 heterocycles. The number of rotatable bonds is 0. The Morgan fingerprint density at radius 1 is 1.08 bits per heavy atom. The fourth-order valence-electron chi connectivity index (χ4n) is 2.81. The van der Waals surface area contributed by atoms with Crippen LogP contribution in [0.25, 0.3) is 0 Å². The summed E-state index contributed by atoms with van der Waals surface area (Å²) in [5.74, 6) is 1.37. The molecule has 0 saturated heterocycles. The molecular formula is C12H18O. The van der Waals surface area contributed by atoms with Gasteiger partial charge in [0.1, 0.15) is 0 Å². The fourth-order valence-corrected chi connectivity index (χ4v) is 2.81. The number of ketones is 1. The van der Waals surface area contributed by atoms with Gasteiger partial charge >= 0.3 is 0 Å². The van der Waals surface area contributed by atoms with Crippen molar-refractivity contribution in [3.63, 3.8) is 0 Å². The molecule has 0 radical (unpaired) electrons. The molecule has 2 aliphatic rings. The topological polar surface area (TPSA) is 17.1 Å². The van der Waals surface area contributed by atoms with Crippen molar-refractivity contribution in [2.45, 2.75) is 45.4 Å². The number of fused-ring (bicyclic) bond motifs is 1. The Morgan fingerprint density at radius 2 is 1.69 bits per heavy atom. The summed E-state index contributed by atoms with van der Waals surface area (Å²) in [5.41, 5.74) is 1.34. The molecule has 0 aromatic carbocycles. The van der Waals surface area contributed by atoms with Gasteiger partial charge in [0.2, 0.25) is 0 Å².